The molecule has 0 bridgehead atoms. The van der Waals surface area contributed by atoms with Gasteiger partial charge in [0, 0.05) is 5.57 Å². The van der Waals surface area contributed by atoms with Gasteiger partial charge in [0.15, 0.2) is 11.5 Å². The lowest BCUT2D eigenvalue weighted by Crippen LogP contribution is -2.49. The van der Waals surface area contributed by atoms with Crippen molar-refractivity contribution in [3.63, 3.8) is 0 Å². The zero-order valence-electron chi connectivity index (χ0n) is 16.1. The monoisotopic (exact) mass is 350 g/mol. The normalized spacial score (nSPS) is 14.7. The fraction of sp³-hybridized carbons (Fsp3) is 0.526. The smallest absolute Gasteiger partial charge is 0.161 e. The average Bonchev–Trinajstić information content (AvgIpc) is 2.51. The Morgan fingerprint density at radius 2 is 1.58 bits per heavy atom. The number of carbonyl (C=O) groups excluding carboxylic acids is 1. The third-order valence-electron chi connectivity index (χ3n) is 5.25. The van der Waals surface area contributed by atoms with Crippen LogP contribution in [0.3, 0.4) is 0 Å². The van der Waals surface area contributed by atoms with Crippen LogP contribution >= 0.6 is 0 Å². The van der Waals surface area contributed by atoms with Crippen molar-refractivity contribution in [1.82, 2.24) is 0 Å². The van der Waals surface area contributed by atoms with Crippen molar-refractivity contribution in [3.05, 3.63) is 35.9 Å². The summed E-state index contributed by atoms with van der Waals surface area (Å²) in [4.78, 5) is 13.1. The van der Waals surface area contributed by atoms with E-state index in [1.807, 2.05) is 13.1 Å². The van der Waals surface area contributed by atoms with Crippen LogP contribution in [0.4, 0.5) is 0 Å². The SMILES string of the molecule is C=C(C(=O)[Si](C)(C)C(C)(C)C)C(C)(O)c1ccc(OC)c(OC)c1. The molecule has 134 valence electrons. The predicted molar refractivity (Wildman–Crippen MR) is 100 cm³/mol. The minimum absolute atomic E-state index is 0.0187. The molecule has 0 aliphatic rings. The maximum atomic E-state index is 13.1. The molecule has 1 unspecified atom stereocenters. The van der Waals surface area contributed by atoms with E-state index >= 15 is 0 Å². The lowest BCUT2D eigenvalue weighted by molar-refractivity contribution is -0.111. The van der Waals surface area contributed by atoms with Gasteiger partial charge in [-0.3, -0.25) is 0 Å². The van der Waals surface area contributed by atoms with Gasteiger partial charge < -0.3 is 19.4 Å². The Kier molecular flexibility index (Phi) is 5.73. The summed E-state index contributed by atoms with van der Waals surface area (Å²) in [5.41, 5.74) is -0.690. The van der Waals surface area contributed by atoms with Gasteiger partial charge in [0.25, 0.3) is 0 Å². The average molecular weight is 351 g/mol. The fourth-order valence-corrected chi connectivity index (χ4v) is 3.93. The number of hydrogen-bond donors (Lipinski definition) is 1. The number of aliphatic hydroxyl groups is 1. The number of hydrogen-bond acceptors (Lipinski definition) is 4. The summed E-state index contributed by atoms with van der Waals surface area (Å²) in [6.45, 7) is 15.8. The number of methoxy groups -OCH3 is 2. The molecule has 1 atom stereocenters. The van der Waals surface area contributed by atoms with Crippen molar-refractivity contribution in [1.29, 1.82) is 0 Å². The van der Waals surface area contributed by atoms with Crippen LogP contribution < -0.4 is 9.47 Å². The minimum Gasteiger partial charge on any atom is -0.493 e. The van der Waals surface area contributed by atoms with Crippen LogP contribution in [0, 0.1) is 0 Å². The number of benzene rings is 1. The van der Waals surface area contributed by atoms with Crippen molar-refractivity contribution in [2.75, 3.05) is 14.2 Å². The minimum atomic E-state index is -2.31. The van der Waals surface area contributed by atoms with Gasteiger partial charge in [0.1, 0.15) is 19.1 Å². The first-order chi connectivity index (χ1) is 10.8. The van der Waals surface area contributed by atoms with Crippen LogP contribution in [0.15, 0.2) is 30.4 Å². The van der Waals surface area contributed by atoms with Crippen molar-refractivity contribution < 1.29 is 19.4 Å². The van der Waals surface area contributed by atoms with E-state index < -0.39 is 13.7 Å². The molecular formula is C19H30O4Si. The summed E-state index contributed by atoms with van der Waals surface area (Å²) < 4.78 is 10.5. The van der Waals surface area contributed by atoms with E-state index in [4.69, 9.17) is 9.47 Å². The molecule has 5 heteroatoms. The summed E-state index contributed by atoms with van der Waals surface area (Å²) >= 11 is 0. The highest BCUT2D eigenvalue weighted by atomic mass is 28.3. The predicted octanol–water partition coefficient (Wildman–Crippen LogP) is 4.08. The third-order valence-corrected chi connectivity index (χ3v) is 10.4. The summed E-state index contributed by atoms with van der Waals surface area (Å²) in [5, 5.41) is 10.9. The van der Waals surface area contributed by atoms with Gasteiger partial charge >= 0.3 is 0 Å². The van der Waals surface area contributed by atoms with E-state index in [1.54, 1.807) is 32.2 Å². The van der Waals surface area contributed by atoms with Gasteiger partial charge in [-0.2, -0.15) is 0 Å². The Hall–Kier alpha value is -1.59. The van der Waals surface area contributed by atoms with Gasteiger partial charge in [0.05, 0.1) is 14.2 Å². The Bertz CT molecular complexity index is 639. The van der Waals surface area contributed by atoms with E-state index in [1.165, 1.54) is 7.11 Å². The Morgan fingerprint density at radius 3 is 2.00 bits per heavy atom. The largest absolute Gasteiger partial charge is 0.493 e. The van der Waals surface area contributed by atoms with E-state index in [-0.39, 0.29) is 16.0 Å². The number of rotatable bonds is 6. The summed E-state index contributed by atoms with van der Waals surface area (Å²) in [6.07, 6.45) is 0. The maximum absolute atomic E-state index is 13.1. The molecule has 1 aromatic rings. The second-order valence-corrected chi connectivity index (χ2v) is 13.0. The summed E-state index contributed by atoms with van der Waals surface area (Å²) in [7, 11) is 0.777. The van der Waals surface area contributed by atoms with Crippen LogP contribution in [-0.4, -0.2) is 32.8 Å². The molecule has 0 aliphatic heterocycles. The first-order valence-electron chi connectivity index (χ1n) is 7.99. The van der Waals surface area contributed by atoms with Crippen LogP contribution in [-0.2, 0) is 10.4 Å². The first kappa shape index (κ1) is 20.5. The molecule has 0 spiro atoms. The molecule has 0 saturated heterocycles. The topological polar surface area (TPSA) is 55.8 Å². The Morgan fingerprint density at radius 1 is 1.08 bits per heavy atom. The lowest BCUT2D eigenvalue weighted by atomic mass is 9.89. The first-order valence-corrected chi connectivity index (χ1v) is 11.0. The molecule has 24 heavy (non-hydrogen) atoms. The lowest BCUT2D eigenvalue weighted by Gasteiger charge is -2.38. The second kappa shape index (κ2) is 6.73. The standard InChI is InChI=1S/C19H30O4Si/c1-13(17(20)24(8,9)18(2,3)4)19(5,21)14-10-11-15(22-6)16(12-14)23-7/h10-12,21H,1H2,2-9H3. The zero-order valence-corrected chi connectivity index (χ0v) is 17.1. The number of carbonyl (C=O) groups is 1. The highest BCUT2D eigenvalue weighted by Crippen LogP contribution is 2.42. The molecule has 0 aromatic heterocycles. The molecule has 0 saturated carbocycles. The van der Waals surface area contributed by atoms with E-state index in [2.05, 4.69) is 27.4 Å². The van der Waals surface area contributed by atoms with Gasteiger partial charge in [-0.25, -0.2) is 0 Å². The van der Waals surface area contributed by atoms with E-state index in [9.17, 15) is 9.90 Å². The van der Waals surface area contributed by atoms with E-state index in [0.29, 0.717) is 17.1 Å². The maximum Gasteiger partial charge on any atom is 0.161 e. The number of ether oxygens (including phenoxy) is 2. The molecule has 4 nitrogen and oxygen atoms in total. The fourth-order valence-electron chi connectivity index (χ4n) is 2.25. The highest BCUT2D eigenvalue weighted by molar-refractivity contribution is 7.08. The molecule has 0 aliphatic carbocycles. The molecule has 0 amide bonds. The van der Waals surface area contributed by atoms with Crippen LogP contribution in [0.1, 0.15) is 33.3 Å². The highest BCUT2D eigenvalue weighted by Gasteiger charge is 2.46. The van der Waals surface area contributed by atoms with Crippen LogP contribution in [0.2, 0.25) is 18.1 Å². The Labute approximate surface area is 146 Å². The van der Waals surface area contributed by atoms with Crippen molar-refractivity contribution >= 4 is 13.5 Å². The van der Waals surface area contributed by atoms with Gasteiger partial charge in [-0.15, -0.1) is 0 Å². The molecular weight excluding hydrogens is 320 g/mol. The van der Waals surface area contributed by atoms with Crippen molar-refractivity contribution in [2.24, 2.45) is 0 Å². The van der Waals surface area contributed by atoms with Gasteiger partial charge in [-0.05, 0) is 29.7 Å². The summed E-state index contributed by atoms with van der Waals surface area (Å²) in [5.74, 6) is 1.07. The molecule has 1 aromatic carbocycles. The van der Waals surface area contributed by atoms with Gasteiger partial charge in [0.2, 0.25) is 0 Å². The summed E-state index contributed by atoms with van der Waals surface area (Å²) in [6, 6.07) is 5.13. The Balaban J connectivity index is 3.29. The zero-order chi connectivity index (χ0) is 18.9. The van der Waals surface area contributed by atoms with Crippen molar-refractivity contribution in [2.45, 2.75) is 51.4 Å². The van der Waals surface area contributed by atoms with Crippen LogP contribution in [0.5, 0.6) is 11.5 Å². The van der Waals surface area contributed by atoms with E-state index in [0.717, 1.165) is 0 Å². The molecule has 0 heterocycles. The second-order valence-electron chi connectivity index (χ2n) is 7.82. The van der Waals surface area contributed by atoms with Crippen molar-refractivity contribution in [3.8, 4) is 11.5 Å². The quantitative estimate of drug-likeness (QED) is 0.620. The molecule has 0 radical (unpaired) electrons. The van der Waals surface area contributed by atoms with Gasteiger partial charge in [-0.1, -0.05) is 46.5 Å². The molecule has 0 fully saturated rings. The molecule has 1 rings (SSSR count). The third kappa shape index (κ3) is 3.57. The van der Waals surface area contributed by atoms with Crippen LogP contribution in [0.25, 0.3) is 0 Å². The molecule has 1 N–H and O–H groups in total.